The van der Waals surface area contributed by atoms with Crippen molar-refractivity contribution in [2.45, 2.75) is 6.61 Å². The predicted octanol–water partition coefficient (Wildman–Crippen LogP) is 4.11. The molecule has 0 spiro atoms. The molecule has 0 aliphatic carbocycles. The topological polar surface area (TPSA) is 56.8 Å². The van der Waals surface area contributed by atoms with E-state index < -0.39 is 17.5 Å². The van der Waals surface area contributed by atoms with Crippen LogP contribution in [-0.4, -0.2) is 0 Å². The van der Waals surface area contributed by atoms with Crippen molar-refractivity contribution in [3.63, 3.8) is 0 Å². The number of rotatable bonds is 4. The van der Waals surface area contributed by atoms with Crippen molar-refractivity contribution in [3.8, 4) is 17.9 Å². The minimum atomic E-state index is -0.780. The predicted molar refractivity (Wildman–Crippen MR) is 76.3 cm³/mol. The average molecular weight is 314 g/mol. The molecule has 0 saturated carbocycles. The fourth-order valence-electron chi connectivity index (χ4n) is 1.77. The lowest BCUT2D eigenvalue weighted by Gasteiger charge is -2.08. The maximum absolute atomic E-state index is 13.9. The molecule has 0 N–H and O–H groups in total. The van der Waals surface area contributed by atoms with Crippen molar-refractivity contribution in [1.82, 2.24) is 0 Å². The average Bonchev–Trinajstić information content (AvgIpc) is 2.53. The van der Waals surface area contributed by atoms with Crippen LogP contribution in [0.25, 0.3) is 6.08 Å². The lowest BCUT2D eigenvalue weighted by molar-refractivity contribution is 0.284. The summed E-state index contributed by atoms with van der Waals surface area (Å²) in [6.07, 6.45) is 1.23. The highest BCUT2D eigenvalue weighted by Gasteiger charge is 2.08. The van der Waals surface area contributed by atoms with E-state index in [4.69, 9.17) is 15.3 Å². The maximum atomic E-state index is 13.9. The molecule has 0 heterocycles. The molecular weight excluding hydrogens is 305 g/mol. The van der Waals surface area contributed by atoms with E-state index in [1.54, 1.807) is 12.1 Å². The highest BCUT2D eigenvalue weighted by atomic mass is 19.1. The van der Waals surface area contributed by atoms with Crippen LogP contribution >= 0.6 is 0 Å². The fraction of sp³-hybridized carbons (Fsp3) is 0.0588. The number of halogens is 3. The Morgan fingerprint density at radius 1 is 1.00 bits per heavy atom. The Bertz CT molecular complexity index is 832. The van der Waals surface area contributed by atoms with Gasteiger partial charge >= 0.3 is 0 Å². The zero-order valence-corrected chi connectivity index (χ0v) is 11.7. The van der Waals surface area contributed by atoms with E-state index in [0.29, 0.717) is 11.6 Å². The van der Waals surface area contributed by atoms with E-state index in [1.807, 2.05) is 0 Å². The quantitative estimate of drug-likeness (QED) is 0.798. The first-order valence-corrected chi connectivity index (χ1v) is 6.41. The van der Waals surface area contributed by atoms with E-state index in [-0.39, 0.29) is 23.5 Å². The second kappa shape index (κ2) is 7.15. The normalized spacial score (nSPS) is 9.61. The summed E-state index contributed by atoms with van der Waals surface area (Å²) in [5.74, 6) is -2.34. The van der Waals surface area contributed by atoms with Gasteiger partial charge in [0.1, 0.15) is 36.0 Å². The van der Waals surface area contributed by atoms with Crippen molar-refractivity contribution in [1.29, 1.82) is 10.5 Å². The van der Waals surface area contributed by atoms with Gasteiger partial charge in [-0.3, -0.25) is 0 Å². The Morgan fingerprint density at radius 2 is 1.74 bits per heavy atom. The first-order valence-electron chi connectivity index (χ1n) is 6.41. The van der Waals surface area contributed by atoms with E-state index in [0.717, 1.165) is 12.1 Å². The van der Waals surface area contributed by atoms with Gasteiger partial charge in [-0.1, -0.05) is 6.07 Å². The Kier molecular flexibility index (Phi) is 5.01. The molecule has 6 heteroatoms. The van der Waals surface area contributed by atoms with E-state index in [9.17, 15) is 13.2 Å². The van der Waals surface area contributed by atoms with Crippen LogP contribution in [0.4, 0.5) is 13.2 Å². The summed E-state index contributed by atoms with van der Waals surface area (Å²) in [5, 5.41) is 17.3. The summed E-state index contributed by atoms with van der Waals surface area (Å²) in [7, 11) is 0. The third-order valence-electron chi connectivity index (χ3n) is 2.91. The molecule has 0 bridgehead atoms. The molecule has 0 atom stereocenters. The molecule has 2 aromatic rings. The van der Waals surface area contributed by atoms with Gasteiger partial charge in [-0.15, -0.1) is 0 Å². The van der Waals surface area contributed by atoms with Gasteiger partial charge in [0.05, 0.1) is 0 Å². The summed E-state index contributed by atoms with van der Waals surface area (Å²) in [6.45, 7) is -0.264. The number of nitrogens with zero attached hydrogens (tertiary/aromatic N) is 2. The minimum Gasteiger partial charge on any atom is -0.486 e. The van der Waals surface area contributed by atoms with Crippen molar-refractivity contribution in [2.75, 3.05) is 0 Å². The van der Waals surface area contributed by atoms with Crippen molar-refractivity contribution in [3.05, 3.63) is 70.5 Å². The lowest BCUT2D eigenvalue weighted by Crippen LogP contribution is -2.00. The monoisotopic (exact) mass is 314 g/mol. The Balaban J connectivity index is 2.15. The van der Waals surface area contributed by atoms with Crippen LogP contribution in [0.2, 0.25) is 0 Å². The number of ether oxygens (including phenoxy) is 1. The highest BCUT2D eigenvalue weighted by molar-refractivity contribution is 5.62. The first kappa shape index (κ1) is 16.1. The number of allylic oxidation sites excluding steroid dienone is 1. The minimum absolute atomic E-state index is 0.0889. The number of hydrogen-bond acceptors (Lipinski definition) is 3. The van der Waals surface area contributed by atoms with Gasteiger partial charge < -0.3 is 4.74 Å². The van der Waals surface area contributed by atoms with Crippen molar-refractivity contribution < 1.29 is 17.9 Å². The van der Waals surface area contributed by atoms with Gasteiger partial charge in [-0.2, -0.15) is 10.5 Å². The second-order valence-electron chi connectivity index (χ2n) is 4.50. The molecule has 0 amide bonds. The van der Waals surface area contributed by atoms with Gasteiger partial charge in [0, 0.05) is 11.6 Å². The molecule has 0 radical (unpaired) electrons. The molecular formula is C17H9F3N2O. The molecule has 2 rings (SSSR count). The van der Waals surface area contributed by atoms with Gasteiger partial charge in [-0.25, -0.2) is 13.2 Å². The summed E-state index contributed by atoms with van der Waals surface area (Å²) in [5.41, 5.74) is 0.249. The molecule has 114 valence electrons. The van der Waals surface area contributed by atoms with Crippen molar-refractivity contribution >= 4 is 6.08 Å². The molecule has 2 aromatic carbocycles. The maximum Gasteiger partial charge on any atom is 0.165 e. The van der Waals surface area contributed by atoms with E-state index in [1.165, 1.54) is 24.3 Å². The Labute approximate surface area is 130 Å². The summed E-state index contributed by atoms with van der Waals surface area (Å²) < 4.78 is 45.3. The van der Waals surface area contributed by atoms with Gasteiger partial charge in [-0.05, 0) is 35.9 Å². The number of nitriles is 2. The molecule has 3 nitrogen and oxygen atoms in total. The van der Waals surface area contributed by atoms with Crippen LogP contribution < -0.4 is 4.74 Å². The zero-order chi connectivity index (χ0) is 16.8. The van der Waals surface area contributed by atoms with Crippen LogP contribution in [0.1, 0.15) is 11.1 Å². The van der Waals surface area contributed by atoms with Crippen LogP contribution in [0.5, 0.6) is 5.75 Å². The smallest absolute Gasteiger partial charge is 0.165 e. The number of hydrogen-bond donors (Lipinski definition) is 0. The highest BCUT2D eigenvalue weighted by Crippen LogP contribution is 2.21. The van der Waals surface area contributed by atoms with Crippen molar-refractivity contribution in [2.24, 2.45) is 0 Å². The zero-order valence-electron chi connectivity index (χ0n) is 11.7. The molecule has 0 unspecified atom stereocenters. The largest absolute Gasteiger partial charge is 0.486 e. The van der Waals surface area contributed by atoms with Crippen LogP contribution in [-0.2, 0) is 6.61 Å². The first-order chi connectivity index (χ1) is 11.0. The molecule has 0 saturated heterocycles. The van der Waals surface area contributed by atoms with Crippen LogP contribution in [0, 0.1) is 40.1 Å². The molecule has 0 fully saturated rings. The lowest BCUT2D eigenvalue weighted by atomic mass is 10.1. The van der Waals surface area contributed by atoms with Gasteiger partial charge in [0.2, 0.25) is 0 Å². The van der Waals surface area contributed by atoms with E-state index >= 15 is 0 Å². The Hall–Kier alpha value is -3.25. The summed E-state index contributed by atoms with van der Waals surface area (Å²) >= 11 is 0. The van der Waals surface area contributed by atoms with Crippen LogP contribution in [0.15, 0.2) is 42.0 Å². The third-order valence-corrected chi connectivity index (χ3v) is 2.91. The van der Waals surface area contributed by atoms with Crippen LogP contribution in [0.3, 0.4) is 0 Å². The molecule has 0 aliphatic rings. The summed E-state index contributed by atoms with van der Waals surface area (Å²) in [4.78, 5) is 0. The SMILES string of the molecule is N#CC(C#N)=Cc1ccc(OCc2ccc(F)cc2F)c(F)c1. The molecule has 0 aromatic heterocycles. The fourth-order valence-corrected chi connectivity index (χ4v) is 1.77. The third kappa shape index (κ3) is 4.12. The second-order valence-corrected chi connectivity index (χ2v) is 4.50. The number of benzene rings is 2. The van der Waals surface area contributed by atoms with E-state index in [2.05, 4.69) is 0 Å². The standard InChI is InChI=1S/C17H9F3N2O/c18-14-3-2-13(15(19)7-14)10-23-17-4-1-11(6-16(17)20)5-12(8-21)9-22/h1-7H,10H2. The molecule has 23 heavy (non-hydrogen) atoms. The summed E-state index contributed by atoms with van der Waals surface area (Å²) in [6, 6.07) is 10.2. The van der Waals surface area contributed by atoms with Gasteiger partial charge in [0.15, 0.2) is 11.6 Å². The molecule has 0 aliphatic heterocycles. The van der Waals surface area contributed by atoms with Gasteiger partial charge in [0.25, 0.3) is 0 Å². The Morgan fingerprint density at radius 3 is 2.35 bits per heavy atom.